The maximum atomic E-state index is 13.4. The van der Waals surface area contributed by atoms with Gasteiger partial charge in [-0.2, -0.15) is 0 Å². The summed E-state index contributed by atoms with van der Waals surface area (Å²) in [7, 11) is 1.63. The zero-order chi connectivity index (χ0) is 14.7. The Balaban J connectivity index is 2.19. The van der Waals surface area contributed by atoms with Crippen LogP contribution in [0.25, 0.3) is 0 Å². The average molecular weight is 338 g/mol. The molecule has 0 aliphatic carbocycles. The summed E-state index contributed by atoms with van der Waals surface area (Å²) in [5, 5.41) is 9.40. The number of phenolic OH excluding ortho intramolecular Hbond substituents is 1. The van der Waals surface area contributed by atoms with Crippen LogP contribution in [0.15, 0.2) is 46.9 Å². The Morgan fingerprint density at radius 2 is 2.00 bits per heavy atom. The molecule has 0 radical (unpaired) electrons. The Kier molecular flexibility index (Phi) is 4.39. The first-order valence-corrected chi connectivity index (χ1v) is 6.75. The number of hydrogen-bond acceptors (Lipinski definition) is 2. The second kappa shape index (κ2) is 6.05. The highest BCUT2D eigenvalue weighted by Gasteiger charge is 2.17. The summed E-state index contributed by atoms with van der Waals surface area (Å²) in [6, 6.07) is 11.0. The van der Waals surface area contributed by atoms with E-state index in [-0.39, 0.29) is 21.7 Å². The topological polar surface area (TPSA) is 40.5 Å². The van der Waals surface area contributed by atoms with Gasteiger partial charge in [-0.25, -0.2) is 4.39 Å². The lowest BCUT2D eigenvalue weighted by Gasteiger charge is -2.18. The van der Waals surface area contributed by atoms with Crippen molar-refractivity contribution in [1.82, 2.24) is 4.90 Å². The first-order valence-electron chi connectivity index (χ1n) is 5.96. The molecule has 0 bridgehead atoms. The molecule has 104 valence electrons. The van der Waals surface area contributed by atoms with E-state index in [0.717, 1.165) is 5.56 Å². The number of hydrogen-bond donors (Lipinski definition) is 1. The molecule has 2 rings (SSSR count). The second-order valence-electron chi connectivity index (χ2n) is 4.43. The van der Waals surface area contributed by atoms with Crippen molar-refractivity contribution in [2.45, 2.75) is 6.54 Å². The fourth-order valence-corrected chi connectivity index (χ4v) is 2.31. The average Bonchev–Trinajstić information content (AvgIpc) is 2.41. The normalized spacial score (nSPS) is 10.3. The van der Waals surface area contributed by atoms with Crippen molar-refractivity contribution < 1.29 is 14.3 Å². The molecule has 1 N–H and O–H groups in total. The van der Waals surface area contributed by atoms with Gasteiger partial charge in [-0.15, -0.1) is 0 Å². The van der Waals surface area contributed by atoms with Crippen molar-refractivity contribution in [3.63, 3.8) is 0 Å². The number of phenols is 1. The summed E-state index contributed by atoms with van der Waals surface area (Å²) in [6.07, 6.45) is 0. The number of rotatable bonds is 3. The molecule has 0 saturated heterocycles. The Morgan fingerprint density at radius 3 is 2.70 bits per heavy atom. The number of benzene rings is 2. The highest BCUT2D eigenvalue weighted by Crippen LogP contribution is 2.22. The van der Waals surface area contributed by atoms with Crippen LogP contribution >= 0.6 is 15.9 Å². The van der Waals surface area contributed by atoms with Crippen LogP contribution in [-0.4, -0.2) is 23.0 Å². The molecule has 2 aromatic carbocycles. The first kappa shape index (κ1) is 14.5. The summed E-state index contributed by atoms with van der Waals surface area (Å²) in [4.78, 5) is 13.7. The van der Waals surface area contributed by atoms with Crippen molar-refractivity contribution in [3.05, 3.63) is 63.9 Å². The van der Waals surface area contributed by atoms with Gasteiger partial charge < -0.3 is 10.0 Å². The van der Waals surface area contributed by atoms with E-state index in [2.05, 4.69) is 15.9 Å². The molecule has 0 aliphatic rings. The molecule has 0 fully saturated rings. The minimum atomic E-state index is -0.471. The molecule has 1 amide bonds. The SMILES string of the molecule is CN(Cc1cccc(O)c1)C(=O)c1cccc(F)c1Br. The Bertz CT molecular complexity index is 646. The summed E-state index contributed by atoms with van der Waals surface area (Å²) < 4.78 is 13.6. The molecule has 5 heteroatoms. The van der Waals surface area contributed by atoms with Crippen LogP contribution in [0.1, 0.15) is 15.9 Å². The highest BCUT2D eigenvalue weighted by molar-refractivity contribution is 9.10. The third kappa shape index (κ3) is 3.17. The molecule has 0 aromatic heterocycles. The first-order chi connectivity index (χ1) is 9.49. The number of amides is 1. The van der Waals surface area contributed by atoms with Crippen molar-refractivity contribution in [1.29, 1.82) is 0 Å². The third-order valence-electron chi connectivity index (χ3n) is 2.86. The minimum Gasteiger partial charge on any atom is -0.508 e. The molecule has 3 nitrogen and oxygen atoms in total. The van der Waals surface area contributed by atoms with E-state index < -0.39 is 5.82 Å². The van der Waals surface area contributed by atoms with Gasteiger partial charge in [0.05, 0.1) is 10.0 Å². The molecule has 0 saturated carbocycles. The number of aromatic hydroxyl groups is 1. The number of carbonyl (C=O) groups is 1. The number of nitrogens with zero attached hydrogens (tertiary/aromatic N) is 1. The predicted octanol–water partition coefficient (Wildman–Crippen LogP) is 3.57. The number of halogens is 2. The second-order valence-corrected chi connectivity index (χ2v) is 5.23. The van der Waals surface area contributed by atoms with Crippen molar-refractivity contribution in [2.24, 2.45) is 0 Å². The van der Waals surface area contributed by atoms with Crippen LogP contribution in [0.2, 0.25) is 0 Å². The lowest BCUT2D eigenvalue weighted by atomic mass is 10.1. The molecule has 0 aliphatic heterocycles. The van der Waals surface area contributed by atoms with Gasteiger partial charge in [0.2, 0.25) is 0 Å². The van der Waals surface area contributed by atoms with Gasteiger partial charge in [0.25, 0.3) is 5.91 Å². The minimum absolute atomic E-state index is 0.148. The van der Waals surface area contributed by atoms with Gasteiger partial charge in [-0.05, 0) is 45.8 Å². The van der Waals surface area contributed by atoms with Crippen LogP contribution in [0.4, 0.5) is 4.39 Å². The van der Waals surface area contributed by atoms with Gasteiger partial charge in [-0.3, -0.25) is 4.79 Å². The quantitative estimate of drug-likeness (QED) is 0.930. The van der Waals surface area contributed by atoms with Gasteiger partial charge in [-0.1, -0.05) is 18.2 Å². The molecule has 0 atom stereocenters. The standard InChI is InChI=1S/C15H13BrFNO2/c1-18(9-10-4-2-5-11(19)8-10)15(20)12-6-3-7-13(17)14(12)16/h2-8,19H,9H2,1H3. The Labute approximate surface area is 124 Å². The Morgan fingerprint density at radius 1 is 1.30 bits per heavy atom. The zero-order valence-corrected chi connectivity index (χ0v) is 12.4. The van der Waals surface area contributed by atoms with E-state index in [4.69, 9.17) is 0 Å². The van der Waals surface area contributed by atoms with Gasteiger partial charge in [0.15, 0.2) is 0 Å². The monoisotopic (exact) mass is 337 g/mol. The van der Waals surface area contributed by atoms with E-state index in [9.17, 15) is 14.3 Å². The van der Waals surface area contributed by atoms with Gasteiger partial charge in [0.1, 0.15) is 11.6 Å². The highest BCUT2D eigenvalue weighted by atomic mass is 79.9. The lowest BCUT2D eigenvalue weighted by Crippen LogP contribution is -2.26. The predicted molar refractivity (Wildman–Crippen MR) is 78.0 cm³/mol. The summed E-state index contributed by atoms with van der Waals surface area (Å²) in [5.41, 5.74) is 1.07. The van der Waals surface area contributed by atoms with Crippen LogP contribution in [0, 0.1) is 5.82 Å². The fraction of sp³-hybridized carbons (Fsp3) is 0.133. The van der Waals surface area contributed by atoms with Gasteiger partial charge in [0, 0.05) is 13.6 Å². The largest absolute Gasteiger partial charge is 0.508 e. The maximum Gasteiger partial charge on any atom is 0.255 e. The Hall–Kier alpha value is -1.88. The van der Waals surface area contributed by atoms with E-state index in [0.29, 0.717) is 6.54 Å². The molecule has 0 heterocycles. The van der Waals surface area contributed by atoms with E-state index in [1.807, 2.05) is 6.07 Å². The van der Waals surface area contributed by atoms with Crippen molar-refractivity contribution >= 4 is 21.8 Å². The third-order valence-corrected chi connectivity index (χ3v) is 3.66. The van der Waals surface area contributed by atoms with Crippen LogP contribution in [0.5, 0.6) is 5.75 Å². The fourth-order valence-electron chi connectivity index (χ4n) is 1.88. The summed E-state index contributed by atoms with van der Waals surface area (Å²) in [6.45, 7) is 0.330. The summed E-state index contributed by atoms with van der Waals surface area (Å²) in [5.74, 6) is -0.614. The van der Waals surface area contributed by atoms with Crippen LogP contribution in [-0.2, 0) is 6.54 Å². The maximum absolute atomic E-state index is 13.4. The molecular weight excluding hydrogens is 325 g/mol. The van der Waals surface area contributed by atoms with Crippen LogP contribution in [0.3, 0.4) is 0 Å². The van der Waals surface area contributed by atoms with Crippen molar-refractivity contribution in [2.75, 3.05) is 7.05 Å². The number of carbonyl (C=O) groups excluding carboxylic acids is 1. The molecule has 0 unspecified atom stereocenters. The van der Waals surface area contributed by atoms with E-state index >= 15 is 0 Å². The lowest BCUT2D eigenvalue weighted by molar-refractivity contribution is 0.0783. The van der Waals surface area contributed by atoms with E-state index in [1.54, 1.807) is 31.3 Å². The molecule has 0 spiro atoms. The van der Waals surface area contributed by atoms with Crippen molar-refractivity contribution in [3.8, 4) is 5.75 Å². The zero-order valence-electron chi connectivity index (χ0n) is 10.8. The smallest absolute Gasteiger partial charge is 0.255 e. The van der Waals surface area contributed by atoms with Crippen LogP contribution < -0.4 is 0 Å². The molecule has 2 aromatic rings. The van der Waals surface area contributed by atoms with Gasteiger partial charge >= 0.3 is 0 Å². The summed E-state index contributed by atoms with van der Waals surface area (Å²) >= 11 is 3.08. The molecule has 20 heavy (non-hydrogen) atoms. The van der Waals surface area contributed by atoms with E-state index in [1.165, 1.54) is 17.0 Å². The molecular formula is C15H13BrFNO2.